The zero-order valence-corrected chi connectivity index (χ0v) is 12.8. The van der Waals surface area contributed by atoms with Crippen LogP contribution in [0.25, 0.3) is 5.76 Å². The topological polar surface area (TPSA) is 26.3 Å². The summed E-state index contributed by atoms with van der Waals surface area (Å²) in [4.78, 5) is 11.9. The van der Waals surface area contributed by atoms with Crippen molar-refractivity contribution in [2.45, 2.75) is 25.4 Å². The van der Waals surface area contributed by atoms with Crippen LogP contribution in [0.3, 0.4) is 0 Å². The van der Waals surface area contributed by atoms with E-state index in [9.17, 15) is 18.0 Å². The highest BCUT2D eigenvalue weighted by atomic mass is 19.4. The predicted molar refractivity (Wildman–Crippen MR) is 84.4 cm³/mol. The lowest BCUT2D eigenvalue weighted by Gasteiger charge is -2.17. The number of hydrogen-bond donors (Lipinski definition) is 0. The van der Waals surface area contributed by atoms with E-state index in [1.165, 1.54) is 18.2 Å². The monoisotopic (exact) mass is 332 g/mol. The molecule has 5 heteroatoms. The van der Waals surface area contributed by atoms with Crippen LogP contribution in [-0.2, 0) is 17.4 Å². The van der Waals surface area contributed by atoms with E-state index in [4.69, 9.17) is 4.74 Å². The van der Waals surface area contributed by atoms with E-state index in [2.05, 4.69) is 0 Å². The normalized spacial score (nSPS) is 15.1. The van der Waals surface area contributed by atoms with Gasteiger partial charge in [-0.15, -0.1) is 0 Å². The fourth-order valence-electron chi connectivity index (χ4n) is 2.68. The number of alkyl halides is 3. The molecule has 2 aromatic rings. The highest BCUT2D eigenvalue weighted by molar-refractivity contribution is 5.96. The van der Waals surface area contributed by atoms with E-state index >= 15 is 0 Å². The number of aryl methyl sites for hydroxylation is 1. The number of carbonyl (C=O) groups excluding carboxylic acids is 1. The highest BCUT2D eigenvalue weighted by Crippen LogP contribution is 2.33. The molecule has 2 nitrogen and oxygen atoms in total. The second kappa shape index (κ2) is 6.51. The molecule has 0 spiro atoms. The van der Waals surface area contributed by atoms with Crippen molar-refractivity contribution in [3.63, 3.8) is 0 Å². The molecule has 1 aliphatic rings. The third-order valence-electron chi connectivity index (χ3n) is 3.83. The lowest BCUT2D eigenvalue weighted by Crippen LogP contribution is -2.08. The molecule has 0 aromatic heterocycles. The van der Waals surface area contributed by atoms with Gasteiger partial charge in [-0.05, 0) is 36.6 Å². The fraction of sp³-hybridized carbons (Fsp3) is 0.211. The first kappa shape index (κ1) is 16.3. The van der Waals surface area contributed by atoms with Gasteiger partial charge in [0, 0.05) is 18.1 Å². The third-order valence-corrected chi connectivity index (χ3v) is 3.83. The molecule has 2 aromatic carbocycles. The molecular weight excluding hydrogens is 317 g/mol. The number of benzene rings is 2. The Morgan fingerprint density at radius 1 is 0.958 bits per heavy atom. The average Bonchev–Trinajstić information content (AvgIpc) is 2.53. The molecule has 0 fully saturated rings. The maximum absolute atomic E-state index is 12.8. The minimum Gasteiger partial charge on any atom is -0.457 e. The molecule has 0 atom stereocenters. The minimum absolute atomic E-state index is 0.0549. The highest BCUT2D eigenvalue weighted by Gasteiger charge is 2.30. The molecule has 0 saturated heterocycles. The summed E-state index contributed by atoms with van der Waals surface area (Å²) in [5, 5.41) is 0. The van der Waals surface area contributed by atoms with E-state index in [0.717, 1.165) is 36.1 Å². The zero-order chi connectivity index (χ0) is 17.2. The van der Waals surface area contributed by atoms with Gasteiger partial charge >= 0.3 is 6.18 Å². The van der Waals surface area contributed by atoms with Crippen LogP contribution in [0.4, 0.5) is 13.2 Å². The molecule has 3 rings (SSSR count). The molecule has 0 heterocycles. The SMILES string of the molecule is O=C1C=C(Oc2cccc(C(F)(F)F)c2)c2ccccc2CCC1. The first-order valence-corrected chi connectivity index (χ1v) is 7.61. The smallest absolute Gasteiger partial charge is 0.416 e. The van der Waals surface area contributed by atoms with Crippen LogP contribution in [-0.4, -0.2) is 5.78 Å². The van der Waals surface area contributed by atoms with Gasteiger partial charge in [0.2, 0.25) is 0 Å². The van der Waals surface area contributed by atoms with Gasteiger partial charge in [0.25, 0.3) is 0 Å². The van der Waals surface area contributed by atoms with Gasteiger partial charge in [0.15, 0.2) is 5.78 Å². The van der Waals surface area contributed by atoms with Crippen molar-refractivity contribution in [1.29, 1.82) is 0 Å². The number of ketones is 1. The Bertz CT molecular complexity index is 791. The number of ether oxygens (including phenoxy) is 1. The van der Waals surface area contributed by atoms with Gasteiger partial charge in [0.1, 0.15) is 11.5 Å². The van der Waals surface area contributed by atoms with E-state index in [1.54, 1.807) is 0 Å². The molecule has 0 N–H and O–H groups in total. The number of fused-ring (bicyclic) bond motifs is 1. The zero-order valence-electron chi connectivity index (χ0n) is 12.8. The quantitative estimate of drug-likeness (QED) is 0.771. The number of rotatable bonds is 2. The first-order chi connectivity index (χ1) is 11.4. The van der Waals surface area contributed by atoms with Gasteiger partial charge in [0.05, 0.1) is 5.56 Å². The molecule has 24 heavy (non-hydrogen) atoms. The van der Waals surface area contributed by atoms with Crippen LogP contribution in [0.15, 0.2) is 54.6 Å². The minimum atomic E-state index is -4.44. The maximum atomic E-state index is 12.8. The maximum Gasteiger partial charge on any atom is 0.416 e. The van der Waals surface area contributed by atoms with Crippen LogP contribution in [0, 0.1) is 0 Å². The molecule has 0 radical (unpaired) electrons. The van der Waals surface area contributed by atoms with Crippen LogP contribution >= 0.6 is 0 Å². The molecule has 0 amide bonds. The Kier molecular flexibility index (Phi) is 4.42. The van der Waals surface area contributed by atoms with Crippen molar-refractivity contribution >= 4 is 11.5 Å². The van der Waals surface area contributed by atoms with Gasteiger partial charge < -0.3 is 4.74 Å². The Labute approximate surface area is 137 Å². The number of allylic oxidation sites excluding steroid dienone is 1. The summed E-state index contributed by atoms with van der Waals surface area (Å²) in [6.07, 6.45) is -1.21. The van der Waals surface area contributed by atoms with Crippen LogP contribution < -0.4 is 4.74 Å². The third kappa shape index (κ3) is 3.67. The van der Waals surface area contributed by atoms with Gasteiger partial charge in [-0.1, -0.05) is 30.3 Å². The molecule has 0 unspecified atom stereocenters. The standard InChI is InChI=1S/C19H15F3O2/c20-19(21,22)14-7-4-9-16(11-14)24-18-12-15(23)8-3-6-13-5-1-2-10-17(13)18/h1-2,4-5,7,9-12H,3,6,8H2. The van der Waals surface area contributed by atoms with Gasteiger partial charge in [-0.25, -0.2) is 0 Å². The second-order valence-electron chi connectivity index (χ2n) is 5.61. The van der Waals surface area contributed by atoms with E-state index < -0.39 is 11.7 Å². The summed E-state index contributed by atoms with van der Waals surface area (Å²) in [5.41, 5.74) is 0.970. The summed E-state index contributed by atoms with van der Waals surface area (Å²) < 4.78 is 44.2. The summed E-state index contributed by atoms with van der Waals surface area (Å²) in [6.45, 7) is 0. The molecule has 0 saturated carbocycles. The molecule has 0 bridgehead atoms. The van der Waals surface area contributed by atoms with Crippen molar-refractivity contribution in [2.24, 2.45) is 0 Å². The van der Waals surface area contributed by atoms with E-state index in [1.807, 2.05) is 24.3 Å². The number of hydrogen-bond acceptors (Lipinski definition) is 2. The number of halogens is 3. The second-order valence-corrected chi connectivity index (χ2v) is 5.61. The summed E-state index contributed by atoms with van der Waals surface area (Å²) in [5.74, 6) is 0.250. The van der Waals surface area contributed by atoms with Crippen molar-refractivity contribution in [2.75, 3.05) is 0 Å². The Morgan fingerprint density at radius 3 is 2.54 bits per heavy atom. The van der Waals surface area contributed by atoms with Crippen LogP contribution in [0.1, 0.15) is 29.5 Å². The lowest BCUT2D eigenvalue weighted by atomic mass is 9.96. The Hall–Kier alpha value is -2.56. The largest absolute Gasteiger partial charge is 0.457 e. The fourth-order valence-corrected chi connectivity index (χ4v) is 2.68. The molecule has 1 aliphatic carbocycles. The van der Waals surface area contributed by atoms with Crippen molar-refractivity contribution in [1.82, 2.24) is 0 Å². The van der Waals surface area contributed by atoms with Crippen molar-refractivity contribution in [3.8, 4) is 5.75 Å². The van der Waals surface area contributed by atoms with Gasteiger partial charge in [-0.3, -0.25) is 4.79 Å². The van der Waals surface area contributed by atoms with Crippen molar-refractivity contribution < 1.29 is 22.7 Å². The Balaban J connectivity index is 1.98. The lowest BCUT2D eigenvalue weighted by molar-refractivity contribution is -0.137. The Morgan fingerprint density at radius 2 is 1.75 bits per heavy atom. The predicted octanol–water partition coefficient (Wildman–Crippen LogP) is 5.03. The molecule has 0 aliphatic heterocycles. The van der Waals surface area contributed by atoms with Crippen LogP contribution in [0.2, 0.25) is 0 Å². The van der Waals surface area contributed by atoms with Crippen LogP contribution in [0.5, 0.6) is 5.75 Å². The summed E-state index contributed by atoms with van der Waals surface area (Å²) in [6, 6.07) is 12.1. The number of carbonyl (C=O) groups is 1. The van der Waals surface area contributed by atoms with E-state index in [0.29, 0.717) is 6.42 Å². The van der Waals surface area contributed by atoms with E-state index in [-0.39, 0.29) is 17.3 Å². The molecular formula is C19H15F3O2. The molecule has 124 valence electrons. The summed E-state index contributed by atoms with van der Waals surface area (Å²) in [7, 11) is 0. The van der Waals surface area contributed by atoms with Crippen molar-refractivity contribution in [3.05, 3.63) is 71.3 Å². The van der Waals surface area contributed by atoms with Gasteiger partial charge in [-0.2, -0.15) is 13.2 Å². The summed E-state index contributed by atoms with van der Waals surface area (Å²) >= 11 is 0. The first-order valence-electron chi connectivity index (χ1n) is 7.61. The average molecular weight is 332 g/mol.